The number of thiophene rings is 1. The van der Waals surface area contributed by atoms with Gasteiger partial charge in [0.2, 0.25) is 5.91 Å². The van der Waals surface area contributed by atoms with E-state index in [0.717, 1.165) is 10.2 Å². The fraction of sp³-hybridized carbons (Fsp3) is 0.455. The molecule has 6 heteroatoms. The number of rotatable bonds is 5. The van der Waals surface area contributed by atoms with E-state index in [4.69, 9.17) is 5.11 Å². The third-order valence-corrected chi connectivity index (χ3v) is 4.43. The molecule has 0 radical (unpaired) electrons. The molecule has 0 aromatic carbocycles. The molecule has 2 N–H and O–H groups in total. The van der Waals surface area contributed by atoms with Gasteiger partial charge in [0.15, 0.2) is 0 Å². The SMILES string of the molecule is O=C(NCCc1ccc(Br)s1)[C@H]1C[C@H]1C(=O)O. The molecule has 4 nitrogen and oxygen atoms in total. The molecule has 1 aliphatic rings. The van der Waals surface area contributed by atoms with Crippen LogP contribution in [-0.2, 0) is 16.0 Å². The van der Waals surface area contributed by atoms with Crippen molar-refractivity contribution in [3.8, 4) is 0 Å². The quantitative estimate of drug-likeness (QED) is 0.871. The molecule has 1 aromatic heterocycles. The summed E-state index contributed by atoms with van der Waals surface area (Å²) in [6, 6.07) is 3.99. The maximum atomic E-state index is 11.5. The van der Waals surface area contributed by atoms with Crippen LogP contribution in [0.2, 0.25) is 0 Å². The fourth-order valence-electron chi connectivity index (χ4n) is 1.68. The first kappa shape index (κ1) is 12.6. The molecule has 17 heavy (non-hydrogen) atoms. The van der Waals surface area contributed by atoms with Gasteiger partial charge in [-0.25, -0.2) is 0 Å². The van der Waals surface area contributed by atoms with E-state index in [1.165, 1.54) is 4.88 Å². The monoisotopic (exact) mass is 317 g/mol. The Morgan fingerprint density at radius 3 is 2.76 bits per heavy atom. The second-order valence-electron chi connectivity index (χ2n) is 4.03. The molecule has 1 fully saturated rings. The zero-order chi connectivity index (χ0) is 12.4. The third-order valence-electron chi connectivity index (χ3n) is 2.74. The van der Waals surface area contributed by atoms with Crippen LogP contribution in [0.1, 0.15) is 11.3 Å². The van der Waals surface area contributed by atoms with Gasteiger partial charge in [0, 0.05) is 11.4 Å². The van der Waals surface area contributed by atoms with Crippen molar-refractivity contribution in [2.45, 2.75) is 12.8 Å². The number of amides is 1. The van der Waals surface area contributed by atoms with Gasteiger partial charge in [0.05, 0.1) is 15.6 Å². The molecular formula is C11H12BrNO3S. The molecule has 0 spiro atoms. The maximum Gasteiger partial charge on any atom is 0.307 e. The zero-order valence-electron chi connectivity index (χ0n) is 8.98. The van der Waals surface area contributed by atoms with Crippen LogP contribution in [0.3, 0.4) is 0 Å². The number of carboxylic acid groups (broad SMARTS) is 1. The first-order valence-corrected chi connectivity index (χ1v) is 6.93. The molecule has 1 aliphatic carbocycles. The van der Waals surface area contributed by atoms with E-state index < -0.39 is 11.9 Å². The summed E-state index contributed by atoms with van der Waals surface area (Å²) in [7, 11) is 0. The summed E-state index contributed by atoms with van der Waals surface area (Å²) in [4.78, 5) is 23.3. The summed E-state index contributed by atoms with van der Waals surface area (Å²) in [6.07, 6.45) is 1.26. The molecule has 1 saturated carbocycles. The van der Waals surface area contributed by atoms with Gasteiger partial charge < -0.3 is 10.4 Å². The lowest BCUT2D eigenvalue weighted by molar-refractivity contribution is -0.140. The van der Waals surface area contributed by atoms with Crippen LogP contribution in [-0.4, -0.2) is 23.5 Å². The molecule has 0 unspecified atom stereocenters. The molecule has 92 valence electrons. The molecule has 0 aliphatic heterocycles. The van der Waals surface area contributed by atoms with Gasteiger partial charge in [-0.1, -0.05) is 0 Å². The average Bonchev–Trinajstić information content (AvgIpc) is 2.97. The van der Waals surface area contributed by atoms with Gasteiger partial charge in [-0.2, -0.15) is 0 Å². The summed E-state index contributed by atoms with van der Waals surface area (Å²) < 4.78 is 1.08. The molecule has 1 amide bonds. The Morgan fingerprint density at radius 2 is 2.24 bits per heavy atom. The topological polar surface area (TPSA) is 66.4 Å². The highest BCUT2D eigenvalue weighted by Gasteiger charge is 2.48. The minimum absolute atomic E-state index is 0.131. The van der Waals surface area contributed by atoms with Crippen LogP contribution in [0.15, 0.2) is 15.9 Å². The lowest BCUT2D eigenvalue weighted by Gasteiger charge is -2.02. The van der Waals surface area contributed by atoms with Crippen molar-refractivity contribution >= 4 is 39.1 Å². The van der Waals surface area contributed by atoms with E-state index in [9.17, 15) is 9.59 Å². The summed E-state index contributed by atoms with van der Waals surface area (Å²) in [5, 5.41) is 11.5. The Balaban J connectivity index is 1.69. The standard InChI is InChI=1S/C11H12BrNO3S/c12-9-2-1-6(17-9)3-4-13-10(14)7-5-8(7)11(15)16/h1-2,7-8H,3-5H2,(H,13,14)(H,15,16)/t7-,8+/m0/s1. The predicted octanol–water partition coefficient (Wildman–Crippen LogP) is 1.89. The fourth-order valence-corrected chi connectivity index (χ4v) is 3.17. The van der Waals surface area contributed by atoms with Crippen LogP contribution in [0.5, 0.6) is 0 Å². The van der Waals surface area contributed by atoms with Gasteiger partial charge in [0.1, 0.15) is 0 Å². The number of nitrogens with one attached hydrogen (secondary N) is 1. The van der Waals surface area contributed by atoms with Gasteiger partial charge in [0.25, 0.3) is 0 Å². The van der Waals surface area contributed by atoms with Gasteiger partial charge in [-0.3, -0.25) is 9.59 Å². The molecule has 2 atom stereocenters. The predicted molar refractivity (Wildman–Crippen MR) is 68.0 cm³/mol. The minimum atomic E-state index is -0.868. The first-order valence-electron chi connectivity index (χ1n) is 5.32. The second-order valence-corrected chi connectivity index (χ2v) is 6.58. The van der Waals surface area contributed by atoms with E-state index >= 15 is 0 Å². The number of aliphatic carboxylic acids is 1. The first-order chi connectivity index (χ1) is 8.08. The Labute approximate surface area is 111 Å². The molecule has 0 saturated heterocycles. The molecule has 1 heterocycles. The Kier molecular flexibility index (Phi) is 3.83. The second kappa shape index (κ2) is 5.18. The average molecular weight is 318 g/mol. The molecule has 0 bridgehead atoms. The lowest BCUT2D eigenvalue weighted by atomic mass is 10.3. The van der Waals surface area contributed by atoms with Crippen molar-refractivity contribution in [3.63, 3.8) is 0 Å². The number of carbonyl (C=O) groups excluding carboxylic acids is 1. The zero-order valence-corrected chi connectivity index (χ0v) is 11.4. The Bertz CT molecular complexity index is 446. The van der Waals surface area contributed by atoms with Crippen molar-refractivity contribution in [1.29, 1.82) is 0 Å². The number of halogens is 1. The summed E-state index contributed by atoms with van der Waals surface area (Å²) in [6.45, 7) is 0.564. The molecule has 1 aromatic rings. The highest BCUT2D eigenvalue weighted by atomic mass is 79.9. The van der Waals surface area contributed by atoms with Crippen molar-refractivity contribution in [2.75, 3.05) is 6.54 Å². The van der Waals surface area contributed by atoms with E-state index in [-0.39, 0.29) is 11.8 Å². The number of carboxylic acids is 1. The smallest absolute Gasteiger partial charge is 0.307 e. The summed E-state index contributed by atoms with van der Waals surface area (Å²) >= 11 is 5.02. The Morgan fingerprint density at radius 1 is 1.47 bits per heavy atom. The number of hydrogen-bond acceptors (Lipinski definition) is 3. The van der Waals surface area contributed by atoms with Crippen molar-refractivity contribution < 1.29 is 14.7 Å². The van der Waals surface area contributed by atoms with E-state index in [1.807, 2.05) is 12.1 Å². The van der Waals surface area contributed by atoms with Crippen LogP contribution in [0, 0.1) is 11.8 Å². The lowest BCUT2D eigenvalue weighted by Crippen LogP contribution is -2.28. The van der Waals surface area contributed by atoms with Gasteiger partial charge in [-0.05, 0) is 40.9 Å². The third kappa shape index (κ3) is 3.29. The molecular weight excluding hydrogens is 306 g/mol. The van der Waals surface area contributed by atoms with Gasteiger partial charge >= 0.3 is 5.97 Å². The maximum absolute atomic E-state index is 11.5. The Hall–Kier alpha value is -0.880. The van der Waals surface area contributed by atoms with Crippen molar-refractivity contribution in [1.82, 2.24) is 5.32 Å². The van der Waals surface area contributed by atoms with Gasteiger partial charge in [-0.15, -0.1) is 11.3 Å². The van der Waals surface area contributed by atoms with E-state index in [2.05, 4.69) is 21.2 Å². The highest BCUT2D eigenvalue weighted by molar-refractivity contribution is 9.11. The van der Waals surface area contributed by atoms with E-state index in [0.29, 0.717) is 13.0 Å². The minimum Gasteiger partial charge on any atom is -0.481 e. The number of carbonyl (C=O) groups is 2. The van der Waals surface area contributed by atoms with Crippen molar-refractivity contribution in [3.05, 3.63) is 20.8 Å². The van der Waals surface area contributed by atoms with Crippen LogP contribution < -0.4 is 5.32 Å². The van der Waals surface area contributed by atoms with Crippen LogP contribution in [0.25, 0.3) is 0 Å². The molecule has 2 rings (SSSR count). The van der Waals surface area contributed by atoms with Crippen LogP contribution >= 0.6 is 27.3 Å². The summed E-state index contributed by atoms with van der Waals surface area (Å²) in [5.74, 6) is -1.78. The normalized spacial score (nSPS) is 22.2. The van der Waals surface area contributed by atoms with E-state index in [1.54, 1.807) is 11.3 Å². The highest BCUT2D eigenvalue weighted by Crippen LogP contribution is 2.38. The van der Waals surface area contributed by atoms with Crippen LogP contribution in [0.4, 0.5) is 0 Å². The summed E-state index contributed by atoms with van der Waals surface area (Å²) in [5.41, 5.74) is 0. The largest absolute Gasteiger partial charge is 0.481 e. The van der Waals surface area contributed by atoms with Crippen molar-refractivity contribution in [2.24, 2.45) is 11.8 Å². The number of hydrogen-bond donors (Lipinski definition) is 2.